The zero-order valence-corrected chi connectivity index (χ0v) is 17.2. The Morgan fingerprint density at radius 1 is 0.963 bits per heavy atom. The number of benzene rings is 1. The molecule has 2 saturated heterocycles. The second-order valence-electron chi connectivity index (χ2n) is 8.46. The predicted octanol–water partition coefficient (Wildman–Crippen LogP) is 1.60. The molecule has 146 valence electrons. The van der Waals surface area contributed by atoms with E-state index in [0.29, 0.717) is 31.7 Å². The summed E-state index contributed by atoms with van der Waals surface area (Å²) in [5.74, 6) is 0.0510. The van der Waals surface area contributed by atoms with Crippen LogP contribution in [0.5, 0.6) is 0 Å². The standard InChI is InChI=1S/C20H29BN2O4/c1-14-7-8-16(21-26-19(3,4)20(5,6)27-21)13-17(14)18(25)23-11-9-22(10-12-23)15(2)24/h7-8,13H,9-12H2,1-6H3. The van der Waals surface area contributed by atoms with E-state index in [4.69, 9.17) is 9.31 Å². The third kappa shape index (κ3) is 3.76. The highest BCUT2D eigenvalue weighted by Crippen LogP contribution is 2.36. The fraction of sp³-hybridized carbons (Fsp3) is 0.600. The van der Waals surface area contributed by atoms with Gasteiger partial charge in [0.2, 0.25) is 5.91 Å². The molecule has 1 aromatic rings. The van der Waals surface area contributed by atoms with E-state index in [1.807, 2.05) is 57.7 Å². The second-order valence-corrected chi connectivity index (χ2v) is 8.46. The summed E-state index contributed by atoms with van der Waals surface area (Å²) < 4.78 is 12.2. The van der Waals surface area contributed by atoms with Gasteiger partial charge in [0.15, 0.2) is 0 Å². The molecule has 2 amide bonds. The molecule has 0 radical (unpaired) electrons. The zero-order chi connectivity index (χ0) is 20.0. The van der Waals surface area contributed by atoms with Gasteiger partial charge < -0.3 is 19.1 Å². The van der Waals surface area contributed by atoms with Gasteiger partial charge >= 0.3 is 7.12 Å². The van der Waals surface area contributed by atoms with Crippen LogP contribution in [-0.2, 0) is 14.1 Å². The minimum Gasteiger partial charge on any atom is -0.399 e. The molecule has 2 heterocycles. The number of nitrogens with zero attached hydrogens (tertiary/aromatic N) is 2. The third-order valence-corrected chi connectivity index (χ3v) is 6.03. The first-order valence-corrected chi connectivity index (χ1v) is 9.53. The molecule has 0 aliphatic carbocycles. The van der Waals surface area contributed by atoms with Crippen LogP contribution in [0.25, 0.3) is 0 Å². The molecule has 1 aromatic carbocycles. The minimum atomic E-state index is -0.489. The molecule has 0 aromatic heterocycles. The third-order valence-electron chi connectivity index (χ3n) is 6.03. The summed E-state index contributed by atoms with van der Waals surface area (Å²) in [6.07, 6.45) is 0. The van der Waals surface area contributed by atoms with Gasteiger partial charge in [-0.1, -0.05) is 12.1 Å². The summed E-state index contributed by atoms with van der Waals surface area (Å²) in [7, 11) is -0.489. The summed E-state index contributed by atoms with van der Waals surface area (Å²) >= 11 is 0. The minimum absolute atomic E-state index is 0.00549. The smallest absolute Gasteiger partial charge is 0.399 e. The van der Waals surface area contributed by atoms with Crippen LogP contribution in [0.2, 0.25) is 0 Å². The number of hydrogen-bond donors (Lipinski definition) is 0. The van der Waals surface area contributed by atoms with E-state index >= 15 is 0 Å². The Bertz CT molecular complexity index is 738. The number of aryl methyl sites for hydroxylation is 1. The molecule has 0 saturated carbocycles. The van der Waals surface area contributed by atoms with Gasteiger partial charge in [-0.05, 0) is 51.7 Å². The van der Waals surface area contributed by atoms with E-state index in [2.05, 4.69) is 0 Å². The predicted molar refractivity (Wildman–Crippen MR) is 105 cm³/mol. The molecular formula is C20H29BN2O4. The van der Waals surface area contributed by atoms with Crippen molar-refractivity contribution in [1.82, 2.24) is 9.80 Å². The Hall–Kier alpha value is -1.86. The lowest BCUT2D eigenvalue weighted by Crippen LogP contribution is -2.50. The van der Waals surface area contributed by atoms with Crippen LogP contribution >= 0.6 is 0 Å². The van der Waals surface area contributed by atoms with Gasteiger partial charge in [0.05, 0.1) is 11.2 Å². The van der Waals surface area contributed by atoms with Crippen molar-refractivity contribution >= 4 is 24.4 Å². The summed E-state index contributed by atoms with van der Waals surface area (Å²) in [5, 5.41) is 0. The van der Waals surface area contributed by atoms with Gasteiger partial charge in [-0.3, -0.25) is 9.59 Å². The Morgan fingerprint density at radius 3 is 2.00 bits per heavy atom. The average Bonchev–Trinajstić information content (AvgIpc) is 2.82. The van der Waals surface area contributed by atoms with Crippen molar-refractivity contribution in [3.05, 3.63) is 29.3 Å². The maximum absolute atomic E-state index is 13.1. The molecule has 2 fully saturated rings. The lowest BCUT2D eigenvalue weighted by molar-refractivity contribution is -0.130. The first-order valence-electron chi connectivity index (χ1n) is 9.53. The van der Waals surface area contributed by atoms with Crippen molar-refractivity contribution < 1.29 is 18.9 Å². The molecular weight excluding hydrogens is 343 g/mol. The molecule has 0 spiro atoms. The molecule has 6 nitrogen and oxygen atoms in total. The molecule has 27 heavy (non-hydrogen) atoms. The molecule has 3 rings (SSSR count). The van der Waals surface area contributed by atoms with E-state index in [-0.39, 0.29) is 11.8 Å². The quantitative estimate of drug-likeness (QED) is 0.740. The monoisotopic (exact) mass is 372 g/mol. The van der Waals surface area contributed by atoms with Crippen LogP contribution in [0.4, 0.5) is 0 Å². The summed E-state index contributed by atoms with van der Waals surface area (Å²) in [6.45, 7) is 13.8. The van der Waals surface area contributed by atoms with Crippen molar-refractivity contribution in [1.29, 1.82) is 0 Å². The van der Waals surface area contributed by atoms with Crippen LogP contribution in [0, 0.1) is 6.92 Å². The second kappa shape index (κ2) is 6.95. The van der Waals surface area contributed by atoms with Gasteiger partial charge in [-0.25, -0.2) is 0 Å². The number of rotatable bonds is 2. The van der Waals surface area contributed by atoms with Crippen molar-refractivity contribution in [3.63, 3.8) is 0 Å². The Balaban J connectivity index is 1.78. The number of carbonyl (C=O) groups is 2. The highest BCUT2D eigenvalue weighted by molar-refractivity contribution is 6.62. The molecule has 0 bridgehead atoms. The highest BCUT2D eigenvalue weighted by Gasteiger charge is 2.51. The van der Waals surface area contributed by atoms with Gasteiger partial charge in [-0.2, -0.15) is 0 Å². The summed E-state index contributed by atoms with van der Waals surface area (Å²) in [5.41, 5.74) is 1.60. The van der Waals surface area contributed by atoms with Crippen LogP contribution in [0.1, 0.15) is 50.5 Å². The largest absolute Gasteiger partial charge is 0.494 e. The molecule has 0 N–H and O–H groups in total. The maximum Gasteiger partial charge on any atom is 0.494 e. The van der Waals surface area contributed by atoms with Crippen LogP contribution < -0.4 is 5.46 Å². The van der Waals surface area contributed by atoms with Gasteiger partial charge in [0.1, 0.15) is 0 Å². The summed E-state index contributed by atoms with van der Waals surface area (Å²) in [4.78, 5) is 28.1. The lowest BCUT2D eigenvalue weighted by Gasteiger charge is -2.34. The Labute approximate surface area is 161 Å². The SMILES string of the molecule is CC(=O)N1CCN(C(=O)c2cc(B3OC(C)(C)C(C)(C)O3)ccc2C)CC1. The van der Waals surface area contributed by atoms with Crippen molar-refractivity contribution in [2.45, 2.75) is 52.7 Å². The zero-order valence-electron chi connectivity index (χ0n) is 17.2. The summed E-state index contributed by atoms with van der Waals surface area (Å²) in [6, 6.07) is 5.79. The fourth-order valence-electron chi connectivity index (χ4n) is 3.39. The number of carbonyl (C=O) groups excluding carboxylic acids is 2. The van der Waals surface area contributed by atoms with Crippen LogP contribution in [-0.4, -0.2) is 66.1 Å². The fourth-order valence-corrected chi connectivity index (χ4v) is 3.39. The average molecular weight is 372 g/mol. The van der Waals surface area contributed by atoms with E-state index in [1.54, 1.807) is 11.8 Å². The molecule has 2 aliphatic heterocycles. The lowest BCUT2D eigenvalue weighted by atomic mass is 9.77. The Morgan fingerprint density at radius 2 is 1.48 bits per heavy atom. The van der Waals surface area contributed by atoms with Crippen LogP contribution in [0.15, 0.2) is 18.2 Å². The van der Waals surface area contributed by atoms with E-state index < -0.39 is 18.3 Å². The maximum atomic E-state index is 13.1. The molecule has 0 atom stereocenters. The topological polar surface area (TPSA) is 59.1 Å². The number of piperazine rings is 1. The highest BCUT2D eigenvalue weighted by atomic mass is 16.7. The van der Waals surface area contributed by atoms with Crippen molar-refractivity contribution in [2.75, 3.05) is 26.2 Å². The van der Waals surface area contributed by atoms with E-state index in [9.17, 15) is 9.59 Å². The molecule has 0 unspecified atom stereocenters. The van der Waals surface area contributed by atoms with Gasteiger partial charge in [-0.15, -0.1) is 0 Å². The van der Waals surface area contributed by atoms with E-state index in [1.165, 1.54) is 0 Å². The van der Waals surface area contributed by atoms with Crippen LogP contribution in [0.3, 0.4) is 0 Å². The normalized spacial score (nSPS) is 21.5. The van der Waals surface area contributed by atoms with Crippen molar-refractivity contribution in [2.24, 2.45) is 0 Å². The first kappa shape index (κ1) is 19.9. The molecule has 7 heteroatoms. The number of amides is 2. The van der Waals surface area contributed by atoms with E-state index in [0.717, 1.165) is 11.0 Å². The van der Waals surface area contributed by atoms with Gasteiger partial charge in [0.25, 0.3) is 5.91 Å². The van der Waals surface area contributed by atoms with Crippen molar-refractivity contribution in [3.8, 4) is 0 Å². The Kier molecular flexibility index (Phi) is 5.12. The molecule has 2 aliphatic rings. The number of hydrogen-bond acceptors (Lipinski definition) is 4. The van der Waals surface area contributed by atoms with Gasteiger partial charge in [0, 0.05) is 38.7 Å². The first-order chi connectivity index (χ1) is 12.5.